The SMILES string of the molecule is CCc1c(C(OC)OC)nn(-c2ccc(C)cc2Cl)c1-c1cccs1. The van der Waals surface area contributed by atoms with Crippen LogP contribution < -0.4 is 0 Å². The summed E-state index contributed by atoms with van der Waals surface area (Å²) in [6, 6.07) is 10.1. The Morgan fingerprint density at radius 1 is 1.24 bits per heavy atom. The van der Waals surface area contributed by atoms with Gasteiger partial charge in [-0.2, -0.15) is 5.10 Å². The lowest BCUT2D eigenvalue weighted by molar-refractivity contribution is -0.109. The highest BCUT2D eigenvalue weighted by Crippen LogP contribution is 2.37. The van der Waals surface area contributed by atoms with Crippen molar-refractivity contribution < 1.29 is 9.47 Å². The van der Waals surface area contributed by atoms with E-state index in [4.69, 9.17) is 26.2 Å². The number of benzene rings is 1. The Labute approximate surface area is 157 Å². The van der Waals surface area contributed by atoms with Crippen molar-refractivity contribution in [3.63, 3.8) is 0 Å². The third-order valence-corrected chi connectivity index (χ3v) is 5.28. The second-order valence-corrected chi connectivity index (χ2v) is 7.07. The van der Waals surface area contributed by atoms with Gasteiger partial charge in [0.25, 0.3) is 0 Å². The lowest BCUT2D eigenvalue weighted by Crippen LogP contribution is -2.07. The van der Waals surface area contributed by atoms with Gasteiger partial charge in [-0.1, -0.05) is 30.7 Å². The highest BCUT2D eigenvalue weighted by atomic mass is 35.5. The molecule has 2 aromatic heterocycles. The molecule has 0 saturated carbocycles. The van der Waals surface area contributed by atoms with Gasteiger partial charge < -0.3 is 9.47 Å². The molecule has 25 heavy (non-hydrogen) atoms. The van der Waals surface area contributed by atoms with Gasteiger partial charge in [0.2, 0.25) is 6.29 Å². The molecule has 0 bridgehead atoms. The minimum Gasteiger partial charge on any atom is -0.350 e. The molecule has 3 aromatic rings. The Morgan fingerprint density at radius 3 is 2.56 bits per heavy atom. The van der Waals surface area contributed by atoms with Crippen molar-refractivity contribution in [1.29, 1.82) is 0 Å². The van der Waals surface area contributed by atoms with Crippen molar-refractivity contribution in [1.82, 2.24) is 9.78 Å². The molecule has 3 rings (SSSR count). The zero-order chi connectivity index (χ0) is 18.0. The number of aryl methyl sites for hydroxylation is 1. The molecule has 0 amide bonds. The number of aromatic nitrogens is 2. The van der Waals surface area contributed by atoms with Gasteiger partial charge in [-0.25, -0.2) is 4.68 Å². The highest BCUT2D eigenvalue weighted by molar-refractivity contribution is 7.13. The molecule has 0 fully saturated rings. The molecule has 0 aliphatic carbocycles. The number of methoxy groups -OCH3 is 2. The minimum absolute atomic E-state index is 0.515. The summed E-state index contributed by atoms with van der Waals surface area (Å²) >= 11 is 8.21. The maximum atomic E-state index is 6.53. The van der Waals surface area contributed by atoms with Crippen LogP contribution >= 0.6 is 22.9 Å². The molecule has 132 valence electrons. The minimum atomic E-state index is -0.515. The van der Waals surface area contributed by atoms with Crippen LogP contribution in [0, 0.1) is 6.92 Å². The maximum Gasteiger partial charge on any atom is 0.202 e. The first-order chi connectivity index (χ1) is 12.1. The molecule has 0 atom stereocenters. The number of rotatable bonds is 6. The quantitative estimate of drug-likeness (QED) is 0.539. The first-order valence-corrected chi connectivity index (χ1v) is 9.34. The van der Waals surface area contributed by atoms with E-state index in [0.29, 0.717) is 5.02 Å². The molecular weight excluding hydrogens is 356 g/mol. The van der Waals surface area contributed by atoms with Gasteiger partial charge in [-0.3, -0.25) is 0 Å². The fourth-order valence-corrected chi connectivity index (χ4v) is 4.05. The van der Waals surface area contributed by atoms with E-state index in [1.165, 1.54) is 0 Å². The summed E-state index contributed by atoms with van der Waals surface area (Å²) in [5.74, 6) is 0. The number of halogens is 1. The second kappa shape index (κ2) is 7.70. The molecule has 0 unspecified atom stereocenters. The summed E-state index contributed by atoms with van der Waals surface area (Å²) < 4.78 is 12.9. The van der Waals surface area contributed by atoms with Crippen LogP contribution in [0.1, 0.15) is 30.0 Å². The van der Waals surface area contributed by atoms with Crippen LogP contribution in [0.15, 0.2) is 35.7 Å². The Hall–Kier alpha value is -1.66. The molecule has 6 heteroatoms. The first-order valence-electron chi connectivity index (χ1n) is 8.08. The summed E-state index contributed by atoms with van der Waals surface area (Å²) in [6.45, 7) is 4.13. The van der Waals surface area contributed by atoms with Crippen molar-refractivity contribution in [2.24, 2.45) is 0 Å². The van der Waals surface area contributed by atoms with E-state index >= 15 is 0 Å². The van der Waals surface area contributed by atoms with Gasteiger partial charge in [0, 0.05) is 19.8 Å². The fraction of sp³-hybridized carbons (Fsp3) is 0.316. The predicted octanol–water partition coefficient (Wildman–Crippen LogP) is 5.42. The lowest BCUT2D eigenvalue weighted by Gasteiger charge is -2.12. The fourth-order valence-electron chi connectivity index (χ4n) is 2.95. The average molecular weight is 377 g/mol. The zero-order valence-corrected chi connectivity index (χ0v) is 16.3. The van der Waals surface area contributed by atoms with E-state index in [-0.39, 0.29) is 0 Å². The van der Waals surface area contributed by atoms with Crippen molar-refractivity contribution in [3.8, 4) is 16.3 Å². The Bertz CT molecular complexity index is 855. The maximum absolute atomic E-state index is 6.53. The molecule has 0 aliphatic rings. The van der Waals surface area contributed by atoms with Crippen LogP contribution in [0.25, 0.3) is 16.3 Å². The number of thiophene rings is 1. The summed E-state index contributed by atoms with van der Waals surface area (Å²) in [7, 11) is 3.24. The summed E-state index contributed by atoms with van der Waals surface area (Å²) in [4.78, 5) is 1.14. The Kier molecular flexibility index (Phi) is 5.59. The third-order valence-electron chi connectivity index (χ3n) is 4.11. The Morgan fingerprint density at radius 2 is 2.00 bits per heavy atom. The molecule has 0 saturated heterocycles. The molecule has 0 spiro atoms. The van der Waals surface area contributed by atoms with Gasteiger partial charge in [-0.05, 0) is 42.5 Å². The standard InChI is InChI=1S/C19H21ClN2O2S/c1-5-13-17(19(23-3)24-4)21-22(18(13)16-7-6-10-25-16)15-9-8-12(2)11-14(15)20/h6-11,19H,5H2,1-4H3. The smallest absolute Gasteiger partial charge is 0.202 e. The van der Waals surface area contributed by atoms with Gasteiger partial charge in [0.15, 0.2) is 0 Å². The normalized spacial score (nSPS) is 11.4. The topological polar surface area (TPSA) is 36.3 Å². The lowest BCUT2D eigenvalue weighted by atomic mass is 10.1. The monoisotopic (exact) mass is 376 g/mol. The van der Waals surface area contributed by atoms with E-state index < -0.39 is 6.29 Å². The number of ether oxygens (including phenoxy) is 2. The van der Waals surface area contributed by atoms with Crippen LogP contribution in [0.5, 0.6) is 0 Å². The molecule has 1 aromatic carbocycles. The van der Waals surface area contributed by atoms with E-state index in [0.717, 1.165) is 39.5 Å². The molecule has 0 radical (unpaired) electrons. The molecule has 4 nitrogen and oxygen atoms in total. The molecule has 2 heterocycles. The average Bonchev–Trinajstić information content (AvgIpc) is 3.23. The van der Waals surface area contributed by atoms with Gasteiger partial charge in [0.05, 0.1) is 21.3 Å². The van der Waals surface area contributed by atoms with Crippen molar-refractivity contribution in [2.45, 2.75) is 26.6 Å². The van der Waals surface area contributed by atoms with Crippen molar-refractivity contribution in [2.75, 3.05) is 14.2 Å². The van der Waals surface area contributed by atoms with Gasteiger partial charge in [-0.15, -0.1) is 11.3 Å². The van der Waals surface area contributed by atoms with Crippen LogP contribution in [-0.4, -0.2) is 24.0 Å². The van der Waals surface area contributed by atoms with E-state index in [1.54, 1.807) is 25.6 Å². The van der Waals surface area contributed by atoms with Gasteiger partial charge in [0.1, 0.15) is 5.69 Å². The molecule has 0 aliphatic heterocycles. The summed E-state index contributed by atoms with van der Waals surface area (Å²) in [6.07, 6.45) is 0.300. The van der Waals surface area contributed by atoms with E-state index in [9.17, 15) is 0 Å². The van der Waals surface area contributed by atoms with E-state index in [2.05, 4.69) is 18.4 Å². The number of nitrogens with zero attached hydrogens (tertiary/aromatic N) is 2. The van der Waals surface area contributed by atoms with E-state index in [1.807, 2.05) is 35.9 Å². The van der Waals surface area contributed by atoms with Gasteiger partial charge >= 0.3 is 0 Å². The first kappa shape index (κ1) is 18.1. The predicted molar refractivity (Wildman–Crippen MR) is 103 cm³/mol. The second-order valence-electron chi connectivity index (χ2n) is 5.71. The third kappa shape index (κ3) is 3.37. The highest BCUT2D eigenvalue weighted by Gasteiger charge is 2.26. The van der Waals surface area contributed by atoms with Crippen molar-refractivity contribution in [3.05, 3.63) is 57.6 Å². The summed E-state index contributed by atoms with van der Waals surface area (Å²) in [5, 5.41) is 7.56. The van der Waals surface area contributed by atoms with Crippen molar-refractivity contribution >= 4 is 22.9 Å². The molecular formula is C19H21ClN2O2S. The summed E-state index contributed by atoms with van der Waals surface area (Å²) in [5.41, 5.74) is 4.89. The van der Waals surface area contributed by atoms with Crippen LogP contribution in [-0.2, 0) is 15.9 Å². The van der Waals surface area contributed by atoms with Crippen LogP contribution in [0.4, 0.5) is 0 Å². The van der Waals surface area contributed by atoms with Crippen LogP contribution in [0.2, 0.25) is 5.02 Å². The zero-order valence-electron chi connectivity index (χ0n) is 14.7. The largest absolute Gasteiger partial charge is 0.350 e. The van der Waals surface area contributed by atoms with Crippen LogP contribution in [0.3, 0.4) is 0 Å². The number of hydrogen-bond donors (Lipinski definition) is 0. The molecule has 0 N–H and O–H groups in total. The number of hydrogen-bond acceptors (Lipinski definition) is 4. The Balaban J connectivity index is 2.30.